The summed E-state index contributed by atoms with van der Waals surface area (Å²) in [6, 6.07) is 0. The number of rotatable bonds is 17. The van der Waals surface area contributed by atoms with Crippen LogP contribution in [0, 0.1) is 23.7 Å². The van der Waals surface area contributed by atoms with Crippen LogP contribution in [0.2, 0.25) is 0 Å². The number of aliphatic carboxylic acids is 1. The van der Waals surface area contributed by atoms with Crippen molar-refractivity contribution in [3.8, 4) is 0 Å². The lowest BCUT2D eigenvalue weighted by Gasteiger charge is -2.31. The molecule has 2 aliphatic heterocycles. The molecule has 238 valence electrons. The topological polar surface area (TPSA) is 108 Å². The van der Waals surface area contributed by atoms with E-state index in [2.05, 4.69) is 19.1 Å². The molecule has 4 fully saturated rings. The zero-order valence-electron chi connectivity index (χ0n) is 25.7. The molecule has 4 aliphatic rings. The molecule has 0 aromatic carbocycles. The van der Waals surface area contributed by atoms with Crippen LogP contribution < -0.4 is 0 Å². The van der Waals surface area contributed by atoms with Gasteiger partial charge in [0.25, 0.3) is 0 Å². The van der Waals surface area contributed by atoms with Crippen molar-refractivity contribution < 1.29 is 38.4 Å². The third-order valence-corrected chi connectivity index (χ3v) is 9.70. The fraction of sp³-hybridized carbons (Fsp3) is 0.853. The van der Waals surface area contributed by atoms with Gasteiger partial charge in [0.2, 0.25) is 0 Å². The van der Waals surface area contributed by atoms with Gasteiger partial charge in [-0.15, -0.1) is 0 Å². The summed E-state index contributed by atoms with van der Waals surface area (Å²) in [7, 11) is 0. The Hall–Kier alpha value is -1.61. The largest absolute Gasteiger partial charge is 0.481 e. The zero-order valence-corrected chi connectivity index (χ0v) is 25.7. The molecule has 0 amide bonds. The number of carboxylic acids is 1. The third-order valence-electron chi connectivity index (χ3n) is 9.70. The highest BCUT2D eigenvalue weighted by Gasteiger charge is 2.44. The van der Waals surface area contributed by atoms with E-state index in [0.717, 1.165) is 63.9 Å². The second kappa shape index (κ2) is 17.6. The number of hydrogen-bond acceptors (Lipinski definition) is 7. The molecule has 2 unspecified atom stereocenters. The molecule has 8 heteroatoms. The molecule has 8 nitrogen and oxygen atoms in total. The number of carbonyl (C=O) groups excluding carboxylic acids is 2. The molecule has 2 saturated carbocycles. The summed E-state index contributed by atoms with van der Waals surface area (Å²) in [5, 5.41) is 8.90. The van der Waals surface area contributed by atoms with E-state index in [1.54, 1.807) is 0 Å². The van der Waals surface area contributed by atoms with Gasteiger partial charge in [0.15, 0.2) is 12.6 Å². The Balaban J connectivity index is 1.47. The lowest BCUT2D eigenvalue weighted by Crippen LogP contribution is -2.32. The summed E-state index contributed by atoms with van der Waals surface area (Å²) < 4.78 is 24.9. The van der Waals surface area contributed by atoms with Crippen LogP contribution in [-0.4, -0.2) is 60.6 Å². The molecule has 0 aromatic heterocycles. The van der Waals surface area contributed by atoms with Crippen molar-refractivity contribution in [3.05, 3.63) is 12.2 Å². The molecule has 4 rings (SSSR count). The lowest BCUT2D eigenvalue weighted by molar-refractivity contribution is -0.193. The van der Waals surface area contributed by atoms with Gasteiger partial charge in [0.05, 0.1) is 12.2 Å². The van der Waals surface area contributed by atoms with Crippen LogP contribution >= 0.6 is 0 Å². The molecule has 1 N–H and O–H groups in total. The summed E-state index contributed by atoms with van der Waals surface area (Å²) in [4.78, 5) is 37.1. The molecular weight excluding hydrogens is 536 g/mol. The van der Waals surface area contributed by atoms with Crippen LogP contribution in [0.5, 0.6) is 0 Å². The molecule has 0 aromatic rings. The molecular formula is C34H54O8. The Morgan fingerprint density at radius 2 is 1.71 bits per heavy atom. The van der Waals surface area contributed by atoms with E-state index in [4.69, 9.17) is 24.1 Å². The van der Waals surface area contributed by atoms with Crippen LogP contribution in [0.3, 0.4) is 0 Å². The van der Waals surface area contributed by atoms with Gasteiger partial charge in [0, 0.05) is 50.7 Å². The molecule has 0 bridgehead atoms. The first-order chi connectivity index (χ1) is 20.4. The Kier molecular flexibility index (Phi) is 14.0. The zero-order chi connectivity index (χ0) is 29.7. The second-order valence-corrected chi connectivity index (χ2v) is 13.0. The van der Waals surface area contributed by atoms with E-state index in [1.165, 1.54) is 25.7 Å². The lowest BCUT2D eigenvalue weighted by atomic mass is 9.87. The average Bonchev–Trinajstić information content (AvgIpc) is 3.57. The van der Waals surface area contributed by atoms with Gasteiger partial charge >= 0.3 is 5.97 Å². The molecule has 2 aliphatic carbocycles. The molecule has 2 heterocycles. The minimum atomic E-state index is -0.849. The number of unbranched alkanes of at least 4 members (excludes halogenated alkanes) is 2. The van der Waals surface area contributed by atoms with Gasteiger partial charge < -0.3 is 24.1 Å². The highest BCUT2D eigenvalue weighted by Crippen LogP contribution is 2.40. The molecule has 8 atom stereocenters. The van der Waals surface area contributed by atoms with Crippen LogP contribution in [0.15, 0.2) is 12.2 Å². The first-order valence-electron chi connectivity index (χ1n) is 16.9. The predicted molar refractivity (Wildman–Crippen MR) is 159 cm³/mol. The van der Waals surface area contributed by atoms with Crippen molar-refractivity contribution in [2.24, 2.45) is 23.7 Å². The highest BCUT2D eigenvalue weighted by atomic mass is 16.7. The number of Topliss-reactive ketones (excluding diaryl/α,β-unsaturated/α-hetero) is 2. The number of hydrogen-bond donors (Lipinski definition) is 1. The smallest absolute Gasteiger partial charge is 0.303 e. The minimum Gasteiger partial charge on any atom is -0.481 e. The van der Waals surface area contributed by atoms with Crippen molar-refractivity contribution >= 4 is 17.5 Å². The quantitative estimate of drug-likeness (QED) is 0.146. The van der Waals surface area contributed by atoms with E-state index >= 15 is 0 Å². The monoisotopic (exact) mass is 590 g/mol. The Bertz CT molecular complexity index is 875. The van der Waals surface area contributed by atoms with E-state index in [1.807, 2.05) is 0 Å². The summed E-state index contributed by atoms with van der Waals surface area (Å²) >= 11 is 0. The average molecular weight is 591 g/mol. The summed E-state index contributed by atoms with van der Waals surface area (Å²) in [6.45, 7) is 3.65. The summed E-state index contributed by atoms with van der Waals surface area (Å²) in [6.07, 6.45) is 18.4. The van der Waals surface area contributed by atoms with Crippen molar-refractivity contribution in [3.63, 3.8) is 0 Å². The van der Waals surface area contributed by atoms with E-state index in [9.17, 15) is 14.4 Å². The van der Waals surface area contributed by atoms with E-state index < -0.39 is 11.9 Å². The summed E-state index contributed by atoms with van der Waals surface area (Å²) in [5.74, 6) is -0.265. The maximum absolute atomic E-state index is 13.3. The van der Waals surface area contributed by atoms with Crippen molar-refractivity contribution in [2.45, 2.75) is 147 Å². The Morgan fingerprint density at radius 1 is 0.976 bits per heavy atom. The molecule has 2 saturated heterocycles. The number of ketones is 2. The van der Waals surface area contributed by atoms with Gasteiger partial charge in [-0.05, 0) is 76.0 Å². The van der Waals surface area contributed by atoms with Crippen molar-refractivity contribution in [1.82, 2.24) is 0 Å². The van der Waals surface area contributed by atoms with Crippen molar-refractivity contribution in [2.75, 3.05) is 13.2 Å². The highest BCUT2D eigenvalue weighted by molar-refractivity contribution is 5.90. The van der Waals surface area contributed by atoms with E-state index in [-0.39, 0.29) is 61.5 Å². The first-order valence-corrected chi connectivity index (χ1v) is 16.9. The normalized spacial score (nSPS) is 32.9. The van der Waals surface area contributed by atoms with Crippen LogP contribution in [0.25, 0.3) is 0 Å². The van der Waals surface area contributed by atoms with Gasteiger partial charge in [-0.25, -0.2) is 0 Å². The predicted octanol–water partition coefficient (Wildman–Crippen LogP) is 6.78. The Labute approximate surface area is 252 Å². The molecule has 0 radical (unpaired) electrons. The summed E-state index contributed by atoms with van der Waals surface area (Å²) in [5.41, 5.74) is 0. The van der Waals surface area contributed by atoms with E-state index in [0.29, 0.717) is 31.8 Å². The number of carbonyl (C=O) groups is 3. The standard InChI is InChI=1S/C34H54O8/c1-2-3-10-24-15-16-25(21-24)30(41-33-13-6-8-19-39-33)18-17-27-28(22-26(35)11-4-5-12-32(37)38)29(36)23-31(27)42-34-14-7-9-20-40-34/h17-18,24-25,27-28,30-31,33-34H,2-16,19-23H2,1H3,(H,37,38)/b18-17+/t24-,25-,27+,28+,30+,31+,33?,34?/m0/s1. The Morgan fingerprint density at radius 3 is 2.40 bits per heavy atom. The first kappa shape index (κ1) is 33.3. The second-order valence-electron chi connectivity index (χ2n) is 13.0. The van der Waals surface area contributed by atoms with Crippen LogP contribution in [0.1, 0.15) is 122 Å². The molecule has 42 heavy (non-hydrogen) atoms. The maximum atomic E-state index is 13.3. The van der Waals surface area contributed by atoms with Gasteiger partial charge in [-0.3, -0.25) is 14.4 Å². The minimum absolute atomic E-state index is 0.0182. The fourth-order valence-electron chi connectivity index (χ4n) is 7.28. The van der Waals surface area contributed by atoms with Gasteiger partial charge in [-0.2, -0.15) is 0 Å². The van der Waals surface area contributed by atoms with Gasteiger partial charge in [0.1, 0.15) is 11.6 Å². The molecule has 0 spiro atoms. The van der Waals surface area contributed by atoms with Crippen molar-refractivity contribution in [1.29, 1.82) is 0 Å². The number of carboxylic acid groups (broad SMARTS) is 1. The van der Waals surface area contributed by atoms with Crippen LogP contribution in [0.4, 0.5) is 0 Å². The SMILES string of the molecule is CCCC[C@H]1CC[C@H]([C@@H](/C=C/[C@H]2[C@H](OC3CCCCO3)CC(=O)[C@@H]2CC(=O)CCCCC(=O)O)OC2CCCCO2)C1. The number of ether oxygens (including phenoxy) is 4. The third kappa shape index (κ3) is 10.5. The fourth-order valence-corrected chi connectivity index (χ4v) is 7.28. The maximum Gasteiger partial charge on any atom is 0.303 e. The van der Waals surface area contributed by atoms with Gasteiger partial charge in [-0.1, -0.05) is 44.8 Å². The van der Waals surface area contributed by atoms with Crippen LogP contribution in [-0.2, 0) is 33.3 Å².